The highest BCUT2D eigenvalue weighted by molar-refractivity contribution is 5.87. The second-order valence-corrected chi connectivity index (χ2v) is 5.79. The quantitative estimate of drug-likeness (QED) is 0.467. The van der Waals surface area contributed by atoms with Gasteiger partial charge in [-0.25, -0.2) is 4.79 Å². The van der Waals surface area contributed by atoms with Crippen molar-refractivity contribution in [1.29, 1.82) is 0 Å². The Labute approximate surface area is 113 Å². The second kappa shape index (κ2) is 8.34. The van der Waals surface area contributed by atoms with Gasteiger partial charge in [0.1, 0.15) is 6.10 Å². The van der Waals surface area contributed by atoms with E-state index in [1.54, 1.807) is 6.92 Å². The van der Waals surface area contributed by atoms with Crippen LogP contribution in [0.25, 0.3) is 0 Å². The number of rotatable bonds is 8. The summed E-state index contributed by atoms with van der Waals surface area (Å²) in [5, 5.41) is 0. The van der Waals surface area contributed by atoms with Gasteiger partial charge < -0.3 is 4.74 Å². The van der Waals surface area contributed by atoms with Gasteiger partial charge in [-0.1, -0.05) is 54.0 Å². The van der Waals surface area contributed by atoms with Gasteiger partial charge in [0.25, 0.3) is 0 Å². The van der Waals surface area contributed by atoms with Gasteiger partial charge in [0.2, 0.25) is 0 Å². The van der Waals surface area contributed by atoms with Crippen molar-refractivity contribution in [2.24, 2.45) is 17.8 Å². The van der Waals surface area contributed by atoms with Gasteiger partial charge in [-0.15, -0.1) is 0 Å². The minimum Gasteiger partial charge on any atom is -0.459 e. The lowest BCUT2D eigenvalue weighted by Gasteiger charge is -2.31. The molecule has 2 nitrogen and oxygen atoms in total. The highest BCUT2D eigenvalue weighted by Crippen LogP contribution is 2.28. The summed E-state index contributed by atoms with van der Waals surface area (Å²) in [7, 11) is 0. The SMILES string of the molecule is C=C(C)C(=O)OC(CC(C)C)C(C)C(CC)CC. The summed E-state index contributed by atoms with van der Waals surface area (Å²) in [5.74, 6) is 1.31. The van der Waals surface area contributed by atoms with Crippen molar-refractivity contribution >= 4 is 5.97 Å². The minimum absolute atomic E-state index is 0.0131. The molecule has 0 heterocycles. The van der Waals surface area contributed by atoms with E-state index in [1.807, 2.05) is 0 Å². The monoisotopic (exact) mass is 254 g/mol. The summed E-state index contributed by atoms with van der Waals surface area (Å²) in [5.41, 5.74) is 0.487. The predicted molar refractivity (Wildman–Crippen MR) is 77.4 cm³/mol. The van der Waals surface area contributed by atoms with E-state index in [1.165, 1.54) is 0 Å². The Morgan fingerprint density at radius 2 is 1.67 bits per heavy atom. The van der Waals surface area contributed by atoms with E-state index in [2.05, 4.69) is 41.2 Å². The molecule has 0 saturated heterocycles. The number of hydrogen-bond donors (Lipinski definition) is 0. The van der Waals surface area contributed by atoms with E-state index >= 15 is 0 Å². The van der Waals surface area contributed by atoms with Crippen LogP contribution >= 0.6 is 0 Å². The molecule has 0 aromatic heterocycles. The zero-order valence-electron chi connectivity index (χ0n) is 13.0. The maximum Gasteiger partial charge on any atom is 0.333 e. The first-order valence-corrected chi connectivity index (χ1v) is 7.19. The lowest BCUT2D eigenvalue weighted by molar-refractivity contribution is -0.148. The summed E-state index contributed by atoms with van der Waals surface area (Å²) in [6, 6.07) is 0. The van der Waals surface area contributed by atoms with Crippen LogP contribution in [0, 0.1) is 17.8 Å². The summed E-state index contributed by atoms with van der Waals surface area (Å²) in [6.07, 6.45) is 3.21. The highest BCUT2D eigenvalue weighted by atomic mass is 16.5. The fourth-order valence-electron chi connectivity index (χ4n) is 2.41. The Morgan fingerprint density at radius 1 is 1.17 bits per heavy atom. The second-order valence-electron chi connectivity index (χ2n) is 5.79. The maximum atomic E-state index is 11.7. The average molecular weight is 254 g/mol. The van der Waals surface area contributed by atoms with Gasteiger partial charge >= 0.3 is 5.97 Å². The molecule has 0 saturated carbocycles. The zero-order valence-corrected chi connectivity index (χ0v) is 13.0. The summed E-state index contributed by atoms with van der Waals surface area (Å²) in [6.45, 7) is 16.3. The molecule has 0 radical (unpaired) electrons. The van der Waals surface area contributed by atoms with Crippen LogP contribution in [0.1, 0.15) is 60.8 Å². The Balaban J connectivity index is 4.75. The number of hydrogen-bond acceptors (Lipinski definition) is 2. The molecule has 0 aliphatic heterocycles. The summed E-state index contributed by atoms with van der Waals surface area (Å²) >= 11 is 0. The third-order valence-electron chi connectivity index (χ3n) is 3.69. The first-order valence-electron chi connectivity index (χ1n) is 7.19. The van der Waals surface area contributed by atoms with E-state index in [0.29, 0.717) is 23.3 Å². The van der Waals surface area contributed by atoms with Crippen LogP contribution in [0.5, 0.6) is 0 Å². The third kappa shape index (κ3) is 5.70. The molecule has 0 spiro atoms. The van der Waals surface area contributed by atoms with Crippen molar-refractivity contribution in [1.82, 2.24) is 0 Å². The first-order chi connectivity index (χ1) is 8.33. The summed E-state index contributed by atoms with van der Waals surface area (Å²) < 4.78 is 5.63. The van der Waals surface area contributed by atoms with Gasteiger partial charge in [0, 0.05) is 5.57 Å². The topological polar surface area (TPSA) is 26.3 Å². The maximum absolute atomic E-state index is 11.7. The normalized spacial score (nSPS) is 14.7. The van der Waals surface area contributed by atoms with Crippen LogP contribution in [-0.4, -0.2) is 12.1 Å². The van der Waals surface area contributed by atoms with Crippen LogP contribution in [0.4, 0.5) is 0 Å². The third-order valence-corrected chi connectivity index (χ3v) is 3.69. The van der Waals surface area contributed by atoms with E-state index in [9.17, 15) is 4.79 Å². The molecule has 0 bridgehead atoms. The van der Waals surface area contributed by atoms with Gasteiger partial charge in [-0.2, -0.15) is 0 Å². The Bertz CT molecular complexity index is 264. The van der Waals surface area contributed by atoms with Crippen molar-refractivity contribution in [3.05, 3.63) is 12.2 Å². The molecule has 0 aliphatic carbocycles. The first kappa shape index (κ1) is 17.2. The van der Waals surface area contributed by atoms with Crippen molar-refractivity contribution in [3.8, 4) is 0 Å². The van der Waals surface area contributed by atoms with E-state index in [4.69, 9.17) is 4.74 Å². The van der Waals surface area contributed by atoms with Gasteiger partial charge in [0.05, 0.1) is 0 Å². The summed E-state index contributed by atoms with van der Waals surface area (Å²) in [4.78, 5) is 11.7. The molecule has 2 atom stereocenters. The molecule has 106 valence electrons. The molecule has 0 amide bonds. The molecule has 18 heavy (non-hydrogen) atoms. The Kier molecular flexibility index (Phi) is 7.97. The molecule has 0 N–H and O–H groups in total. The molecule has 0 fully saturated rings. The van der Waals surface area contributed by atoms with Crippen LogP contribution < -0.4 is 0 Å². The van der Waals surface area contributed by atoms with Gasteiger partial charge in [-0.05, 0) is 31.1 Å². The number of esters is 1. The lowest BCUT2D eigenvalue weighted by Crippen LogP contribution is -2.31. The lowest BCUT2D eigenvalue weighted by atomic mass is 9.82. The van der Waals surface area contributed by atoms with Crippen molar-refractivity contribution < 1.29 is 9.53 Å². The van der Waals surface area contributed by atoms with E-state index in [0.717, 1.165) is 19.3 Å². The molecule has 2 heteroatoms. The van der Waals surface area contributed by atoms with E-state index < -0.39 is 0 Å². The molecular weight excluding hydrogens is 224 g/mol. The van der Waals surface area contributed by atoms with Crippen molar-refractivity contribution in [3.63, 3.8) is 0 Å². The average Bonchev–Trinajstić information content (AvgIpc) is 2.28. The van der Waals surface area contributed by atoms with Crippen LogP contribution in [-0.2, 0) is 9.53 Å². The standard InChI is InChI=1S/C16H30O2/c1-8-14(9-2)13(7)15(10-11(3)4)18-16(17)12(5)6/h11,13-15H,5,8-10H2,1-4,6-7H3. The predicted octanol–water partition coefficient (Wildman–Crippen LogP) is 4.59. The molecule has 0 aliphatic rings. The molecule has 2 unspecified atom stereocenters. The number of carbonyl (C=O) groups is 1. The van der Waals surface area contributed by atoms with Crippen LogP contribution in [0.2, 0.25) is 0 Å². The molecule has 0 rings (SSSR count). The van der Waals surface area contributed by atoms with Crippen molar-refractivity contribution in [2.45, 2.75) is 66.9 Å². The van der Waals surface area contributed by atoms with Crippen LogP contribution in [0.3, 0.4) is 0 Å². The van der Waals surface area contributed by atoms with Gasteiger partial charge in [-0.3, -0.25) is 0 Å². The molecule has 0 aromatic rings. The Morgan fingerprint density at radius 3 is 2.00 bits per heavy atom. The fourth-order valence-corrected chi connectivity index (χ4v) is 2.41. The van der Waals surface area contributed by atoms with Crippen LogP contribution in [0.15, 0.2) is 12.2 Å². The largest absolute Gasteiger partial charge is 0.459 e. The number of ether oxygens (including phenoxy) is 1. The number of carbonyl (C=O) groups excluding carboxylic acids is 1. The van der Waals surface area contributed by atoms with Crippen molar-refractivity contribution in [2.75, 3.05) is 0 Å². The molecule has 0 aromatic carbocycles. The smallest absolute Gasteiger partial charge is 0.333 e. The Hall–Kier alpha value is -0.790. The fraction of sp³-hybridized carbons (Fsp3) is 0.812. The van der Waals surface area contributed by atoms with E-state index in [-0.39, 0.29) is 12.1 Å². The molecular formula is C16H30O2. The minimum atomic E-state index is -0.251. The highest BCUT2D eigenvalue weighted by Gasteiger charge is 2.27. The van der Waals surface area contributed by atoms with Gasteiger partial charge in [0.15, 0.2) is 0 Å². The zero-order chi connectivity index (χ0) is 14.3.